The Hall–Kier alpha value is -2.41. The molecule has 0 unspecified atom stereocenters. The van der Waals surface area contributed by atoms with Crippen molar-refractivity contribution in [3.05, 3.63) is 51.8 Å². The standard InChI is InChI=1S/C12H16N2S.C4H4O4/c1-3-11-6-9(12(4-2)15-11)5-10-7-13-8-14-10;5-3(6)1-2-4(7)8/h6-8H,3-5H2,1-2H3,(H,13,14);1-2H,(H,5,6)(H,7,8). The normalized spacial score (nSPS) is 10.3. The van der Waals surface area contributed by atoms with E-state index in [9.17, 15) is 9.59 Å². The number of nitrogens with zero attached hydrogens (tertiary/aromatic N) is 1. The number of carbonyl (C=O) groups is 2. The summed E-state index contributed by atoms with van der Waals surface area (Å²) in [4.78, 5) is 29.3. The summed E-state index contributed by atoms with van der Waals surface area (Å²) < 4.78 is 0. The molecule has 6 nitrogen and oxygen atoms in total. The van der Waals surface area contributed by atoms with Crippen LogP contribution in [0.2, 0.25) is 0 Å². The van der Waals surface area contributed by atoms with Gasteiger partial charge < -0.3 is 15.2 Å². The number of hydrogen-bond acceptors (Lipinski definition) is 4. The van der Waals surface area contributed by atoms with Crippen molar-refractivity contribution in [2.24, 2.45) is 0 Å². The fraction of sp³-hybridized carbons (Fsp3) is 0.312. The number of aromatic amines is 1. The first-order valence-corrected chi connectivity index (χ1v) is 7.99. The highest BCUT2D eigenvalue weighted by atomic mass is 32.1. The minimum absolute atomic E-state index is 0.558. The Morgan fingerprint density at radius 3 is 2.30 bits per heavy atom. The average molecular weight is 336 g/mol. The van der Waals surface area contributed by atoms with Crippen molar-refractivity contribution >= 4 is 23.3 Å². The minimum atomic E-state index is -1.26. The molecule has 7 heteroatoms. The lowest BCUT2D eigenvalue weighted by Crippen LogP contribution is -1.91. The molecule has 2 rings (SSSR count). The second-order valence-electron chi connectivity index (χ2n) is 4.63. The van der Waals surface area contributed by atoms with Crippen LogP contribution in [0.4, 0.5) is 0 Å². The third-order valence-corrected chi connectivity index (χ3v) is 4.39. The molecule has 2 aromatic rings. The molecule has 0 spiro atoms. The van der Waals surface area contributed by atoms with Crippen LogP contribution >= 0.6 is 11.3 Å². The molecule has 0 aromatic carbocycles. The number of H-pyrrole nitrogens is 1. The van der Waals surface area contributed by atoms with Gasteiger partial charge in [-0.15, -0.1) is 11.3 Å². The molecule has 0 saturated carbocycles. The van der Waals surface area contributed by atoms with E-state index < -0.39 is 11.9 Å². The highest BCUT2D eigenvalue weighted by Gasteiger charge is 2.07. The van der Waals surface area contributed by atoms with Crippen molar-refractivity contribution in [1.82, 2.24) is 9.97 Å². The van der Waals surface area contributed by atoms with E-state index in [-0.39, 0.29) is 0 Å². The maximum absolute atomic E-state index is 9.55. The van der Waals surface area contributed by atoms with Crippen molar-refractivity contribution in [3.8, 4) is 0 Å². The number of nitrogens with one attached hydrogen (secondary N) is 1. The predicted octanol–water partition coefficient (Wildman–Crippen LogP) is 2.90. The number of aryl methyl sites for hydroxylation is 2. The molecule has 0 fully saturated rings. The smallest absolute Gasteiger partial charge is 0.328 e. The van der Waals surface area contributed by atoms with Crippen LogP contribution in [0.3, 0.4) is 0 Å². The fourth-order valence-electron chi connectivity index (χ4n) is 1.88. The number of carboxylic acids is 2. The number of rotatable bonds is 6. The lowest BCUT2D eigenvalue weighted by molar-refractivity contribution is -0.134. The molecule has 0 amide bonds. The summed E-state index contributed by atoms with van der Waals surface area (Å²) in [6.07, 6.45) is 8.02. The molecule has 0 radical (unpaired) electrons. The van der Waals surface area contributed by atoms with E-state index >= 15 is 0 Å². The highest BCUT2D eigenvalue weighted by Crippen LogP contribution is 2.25. The molecule has 0 aliphatic rings. The molecule has 0 atom stereocenters. The Morgan fingerprint density at radius 2 is 1.87 bits per heavy atom. The molecule has 2 aromatic heterocycles. The van der Waals surface area contributed by atoms with Crippen LogP contribution in [0.15, 0.2) is 30.7 Å². The average Bonchev–Trinajstić information content (AvgIpc) is 3.15. The summed E-state index contributed by atoms with van der Waals surface area (Å²) in [5.74, 6) is -2.51. The molecular formula is C16H20N2O4S. The summed E-state index contributed by atoms with van der Waals surface area (Å²) >= 11 is 1.95. The number of thiophene rings is 1. The molecule has 3 N–H and O–H groups in total. The van der Waals surface area contributed by atoms with Gasteiger partial charge in [0, 0.05) is 40.2 Å². The first-order chi connectivity index (χ1) is 11.0. The SMILES string of the molecule is CCc1cc(Cc2cnc[nH]2)c(CC)s1.O=C(O)C=CC(=O)O. The van der Waals surface area contributed by atoms with E-state index in [1.807, 2.05) is 17.5 Å². The van der Waals surface area contributed by atoms with E-state index in [0.717, 1.165) is 19.3 Å². The quantitative estimate of drug-likeness (QED) is 0.704. The molecule has 0 saturated heterocycles. The Morgan fingerprint density at radius 1 is 1.22 bits per heavy atom. The molecule has 0 aliphatic heterocycles. The van der Waals surface area contributed by atoms with Crippen LogP contribution in [-0.4, -0.2) is 32.1 Å². The van der Waals surface area contributed by atoms with Crippen LogP contribution in [0, 0.1) is 0 Å². The second kappa shape index (κ2) is 9.58. The maximum Gasteiger partial charge on any atom is 0.328 e. The topological polar surface area (TPSA) is 103 Å². The van der Waals surface area contributed by atoms with Gasteiger partial charge in [-0.1, -0.05) is 13.8 Å². The van der Waals surface area contributed by atoms with E-state index in [0.29, 0.717) is 12.2 Å². The van der Waals surface area contributed by atoms with Gasteiger partial charge in [0.25, 0.3) is 0 Å². The zero-order chi connectivity index (χ0) is 17.2. The van der Waals surface area contributed by atoms with Crippen LogP contribution in [0.1, 0.15) is 34.9 Å². The monoisotopic (exact) mass is 336 g/mol. The summed E-state index contributed by atoms with van der Waals surface area (Å²) in [5.41, 5.74) is 2.66. The van der Waals surface area contributed by atoms with Crippen LogP contribution in [0.5, 0.6) is 0 Å². The predicted molar refractivity (Wildman–Crippen MR) is 88.9 cm³/mol. The number of hydrogen-bond donors (Lipinski definition) is 3. The van der Waals surface area contributed by atoms with Crippen molar-refractivity contribution < 1.29 is 19.8 Å². The van der Waals surface area contributed by atoms with E-state index in [1.165, 1.54) is 21.0 Å². The maximum atomic E-state index is 9.55. The van der Waals surface area contributed by atoms with Gasteiger partial charge in [-0.3, -0.25) is 0 Å². The summed E-state index contributed by atoms with van der Waals surface area (Å²) in [7, 11) is 0. The number of aromatic nitrogens is 2. The fourth-order valence-corrected chi connectivity index (χ4v) is 2.95. The molecular weight excluding hydrogens is 316 g/mol. The number of aliphatic carboxylic acids is 2. The minimum Gasteiger partial charge on any atom is -0.478 e. The lowest BCUT2D eigenvalue weighted by Gasteiger charge is -1.98. The molecule has 2 heterocycles. The zero-order valence-electron chi connectivity index (χ0n) is 13.1. The van der Waals surface area contributed by atoms with Gasteiger partial charge in [0.2, 0.25) is 0 Å². The van der Waals surface area contributed by atoms with Crippen molar-refractivity contribution in [2.45, 2.75) is 33.1 Å². The summed E-state index contributed by atoms with van der Waals surface area (Å²) in [6.45, 7) is 4.44. The third kappa shape index (κ3) is 6.92. The zero-order valence-corrected chi connectivity index (χ0v) is 13.9. The van der Waals surface area contributed by atoms with Crippen molar-refractivity contribution in [1.29, 1.82) is 0 Å². The van der Waals surface area contributed by atoms with E-state index in [4.69, 9.17) is 10.2 Å². The van der Waals surface area contributed by atoms with Crippen molar-refractivity contribution in [2.75, 3.05) is 0 Å². The van der Waals surface area contributed by atoms with Gasteiger partial charge in [0.05, 0.1) is 6.33 Å². The van der Waals surface area contributed by atoms with E-state index in [1.54, 1.807) is 6.33 Å². The van der Waals surface area contributed by atoms with Gasteiger partial charge in [-0.25, -0.2) is 14.6 Å². The Labute approximate surface area is 138 Å². The van der Waals surface area contributed by atoms with Crippen LogP contribution in [-0.2, 0) is 28.9 Å². The highest BCUT2D eigenvalue weighted by molar-refractivity contribution is 7.12. The Bertz CT molecular complexity index is 644. The third-order valence-electron chi connectivity index (χ3n) is 2.92. The summed E-state index contributed by atoms with van der Waals surface area (Å²) in [6, 6.07) is 2.34. The summed E-state index contributed by atoms with van der Waals surface area (Å²) in [5, 5.41) is 15.6. The van der Waals surface area contributed by atoms with Gasteiger partial charge in [-0.2, -0.15) is 0 Å². The van der Waals surface area contributed by atoms with Crippen LogP contribution < -0.4 is 0 Å². The van der Waals surface area contributed by atoms with Gasteiger partial charge >= 0.3 is 11.9 Å². The lowest BCUT2D eigenvalue weighted by atomic mass is 10.1. The Kier molecular flexibility index (Phi) is 7.76. The van der Waals surface area contributed by atoms with Gasteiger partial charge in [-0.05, 0) is 24.5 Å². The second-order valence-corrected chi connectivity index (χ2v) is 5.85. The number of imidazole rings is 1. The molecule has 124 valence electrons. The Balaban J connectivity index is 0.000000284. The van der Waals surface area contributed by atoms with Gasteiger partial charge in [0.15, 0.2) is 0 Å². The van der Waals surface area contributed by atoms with Gasteiger partial charge in [0.1, 0.15) is 0 Å². The molecule has 0 bridgehead atoms. The molecule has 23 heavy (non-hydrogen) atoms. The van der Waals surface area contributed by atoms with Crippen molar-refractivity contribution in [3.63, 3.8) is 0 Å². The van der Waals surface area contributed by atoms with Crippen LogP contribution in [0.25, 0.3) is 0 Å². The molecule has 0 aliphatic carbocycles. The first-order valence-electron chi connectivity index (χ1n) is 7.17. The van der Waals surface area contributed by atoms with E-state index in [2.05, 4.69) is 29.9 Å². The first kappa shape index (κ1) is 18.6. The largest absolute Gasteiger partial charge is 0.478 e. The number of carboxylic acid groups (broad SMARTS) is 2.